The van der Waals surface area contributed by atoms with Gasteiger partial charge in [0.15, 0.2) is 0 Å². The molecular formula is C8H12F3NO2. The first-order chi connectivity index (χ1) is 6.46. The average molecular weight is 211 g/mol. The first kappa shape index (κ1) is 11.3. The van der Waals surface area contributed by atoms with Crippen molar-refractivity contribution >= 4 is 5.97 Å². The highest BCUT2D eigenvalue weighted by Gasteiger charge is 2.50. The molecule has 1 aliphatic heterocycles. The molecule has 0 aromatic heterocycles. The molecule has 2 atom stereocenters. The molecule has 0 aromatic rings. The summed E-state index contributed by atoms with van der Waals surface area (Å²) >= 11 is 0. The van der Waals surface area contributed by atoms with Gasteiger partial charge in [0.2, 0.25) is 0 Å². The lowest BCUT2D eigenvalue weighted by Gasteiger charge is -2.19. The predicted octanol–water partition coefficient (Wildman–Crippen LogP) is 0.947. The molecule has 0 amide bonds. The topological polar surface area (TPSA) is 38.3 Å². The zero-order valence-electron chi connectivity index (χ0n) is 7.73. The van der Waals surface area contributed by atoms with Crippen molar-refractivity contribution in [3.63, 3.8) is 0 Å². The highest BCUT2D eigenvalue weighted by molar-refractivity contribution is 5.73. The Morgan fingerprint density at radius 2 is 2.14 bits per heavy atom. The van der Waals surface area contributed by atoms with Crippen LogP contribution in [0.5, 0.6) is 0 Å². The van der Waals surface area contributed by atoms with Crippen molar-refractivity contribution in [3.05, 3.63) is 0 Å². The molecule has 3 nitrogen and oxygen atoms in total. The summed E-state index contributed by atoms with van der Waals surface area (Å²) in [6.07, 6.45) is -4.33. The largest absolute Gasteiger partial charge is 0.466 e. The van der Waals surface area contributed by atoms with Crippen LogP contribution in [0.15, 0.2) is 0 Å². The van der Waals surface area contributed by atoms with E-state index < -0.39 is 24.0 Å². The van der Waals surface area contributed by atoms with Crippen LogP contribution in [0.2, 0.25) is 0 Å². The lowest BCUT2D eigenvalue weighted by Crippen LogP contribution is -2.34. The van der Waals surface area contributed by atoms with E-state index >= 15 is 0 Å². The molecular weight excluding hydrogens is 199 g/mol. The van der Waals surface area contributed by atoms with E-state index in [0.29, 0.717) is 0 Å². The van der Waals surface area contributed by atoms with Gasteiger partial charge < -0.3 is 10.1 Å². The SMILES string of the molecule is CCOC(=O)[C@H]1CNC[C@@H]1C(F)(F)F. The monoisotopic (exact) mass is 211 g/mol. The highest BCUT2D eigenvalue weighted by atomic mass is 19.4. The summed E-state index contributed by atoms with van der Waals surface area (Å²) in [7, 11) is 0. The normalized spacial score (nSPS) is 27.7. The van der Waals surface area contributed by atoms with Crippen LogP contribution in [-0.4, -0.2) is 31.8 Å². The van der Waals surface area contributed by atoms with Crippen LogP contribution in [0.1, 0.15) is 6.92 Å². The maximum atomic E-state index is 12.4. The Kier molecular flexibility index (Phi) is 3.36. The van der Waals surface area contributed by atoms with E-state index in [0.717, 1.165) is 0 Å². The third-order valence-corrected chi connectivity index (χ3v) is 2.22. The van der Waals surface area contributed by atoms with E-state index in [1.54, 1.807) is 6.92 Å². The van der Waals surface area contributed by atoms with E-state index in [4.69, 9.17) is 0 Å². The van der Waals surface area contributed by atoms with Gasteiger partial charge in [-0.05, 0) is 6.92 Å². The van der Waals surface area contributed by atoms with Gasteiger partial charge in [0.1, 0.15) is 0 Å². The van der Waals surface area contributed by atoms with Crippen molar-refractivity contribution in [3.8, 4) is 0 Å². The van der Waals surface area contributed by atoms with Crippen molar-refractivity contribution in [1.82, 2.24) is 5.32 Å². The van der Waals surface area contributed by atoms with Gasteiger partial charge in [-0.2, -0.15) is 13.2 Å². The lowest BCUT2D eigenvalue weighted by molar-refractivity contribution is -0.189. The van der Waals surface area contributed by atoms with Crippen LogP contribution in [-0.2, 0) is 9.53 Å². The van der Waals surface area contributed by atoms with Crippen molar-refractivity contribution in [2.24, 2.45) is 11.8 Å². The molecule has 82 valence electrons. The van der Waals surface area contributed by atoms with Gasteiger partial charge in [-0.1, -0.05) is 0 Å². The maximum Gasteiger partial charge on any atom is 0.393 e. The number of hydrogen-bond acceptors (Lipinski definition) is 3. The maximum absolute atomic E-state index is 12.4. The van der Waals surface area contributed by atoms with Crippen LogP contribution in [0, 0.1) is 11.8 Å². The molecule has 1 N–H and O–H groups in total. The third kappa shape index (κ3) is 2.37. The molecule has 0 spiro atoms. The summed E-state index contributed by atoms with van der Waals surface area (Å²) in [5.41, 5.74) is 0. The fourth-order valence-corrected chi connectivity index (χ4v) is 1.52. The minimum Gasteiger partial charge on any atom is -0.466 e. The second-order valence-corrected chi connectivity index (χ2v) is 3.16. The fraction of sp³-hybridized carbons (Fsp3) is 0.875. The van der Waals surface area contributed by atoms with E-state index in [1.165, 1.54) is 0 Å². The van der Waals surface area contributed by atoms with Crippen LogP contribution in [0.3, 0.4) is 0 Å². The Morgan fingerprint density at radius 3 is 2.64 bits per heavy atom. The minimum absolute atomic E-state index is 0.0447. The molecule has 1 saturated heterocycles. The summed E-state index contributed by atoms with van der Waals surface area (Å²) in [4.78, 5) is 11.1. The molecule has 6 heteroatoms. The molecule has 0 saturated carbocycles. The quantitative estimate of drug-likeness (QED) is 0.691. The Morgan fingerprint density at radius 1 is 1.50 bits per heavy atom. The highest BCUT2D eigenvalue weighted by Crippen LogP contribution is 2.34. The Labute approximate surface area is 79.6 Å². The summed E-state index contributed by atoms with van der Waals surface area (Å²) in [6.45, 7) is 1.53. The standard InChI is InChI=1S/C8H12F3NO2/c1-2-14-7(13)5-3-12-4-6(5)8(9,10)11/h5-6,12H,2-4H2,1H3/t5-,6-/m0/s1. The van der Waals surface area contributed by atoms with Gasteiger partial charge in [-0.25, -0.2) is 0 Å². The number of nitrogens with one attached hydrogen (secondary N) is 1. The van der Waals surface area contributed by atoms with Crippen LogP contribution >= 0.6 is 0 Å². The Balaban J connectivity index is 2.64. The third-order valence-electron chi connectivity index (χ3n) is 2.22. The van der Waals surface area contributed by atoms with Gasteiger partial charge in [0.05, 0.1) is 18.4 Å². The second-order valence-electron chi connectivity index (χ2n) is 3.16. The second kappa shape index (κ2) is 4.16. The van der Waals surface area contributed by atoms with Gasteiger partial charge in [0, 0.05) is 13.1 Å². The predicted molar refractivity (Wildman–Crippen MR) is 42.5 cm³/mol. The first-order valence-corrected chi connectivity index (χ1v) is 4.41. The van der Waals surface area contributed by atoms with Gasteiger partial charge in [-0.3, -0.25) is 4.79 Å². The zero-order chi connectivity index (χ0) is 10.8. The summed E-state index contributed by atoms with van der Waals surface area (Å²) in [5.74, 6) is -3.46. The molecule has 0 aromatic carbocycles. The first-order valence-electron chi connectivity index (χ1n) is 4.41. The smallest absolute Gasteiger partial charge is 0.393 e. The Hall–Kier alpha value is -0.780. The van der Waals surface area contributed by atoms with Gasteiger partial charge in [0.25, 0.3) is 0 Å². The number of carbonyl (C=O) groups is 1. The van der Waals surface area contributed by atoms with Crippen LogP contribution < -0.4 is 5.32 Å². The van der Waals surface area contributed by atoms with Gasteiger partial charge in [-0.15, -0.1) is 0 Å². The van der Waals surface area contributed by atoms with Crippen molar-refractivity contribution < 1.29 is 22.7 Å². The minimum atomic E-state index is -4.33. The summed E-state index contributed by atoms with van der Waals surface area (Å²) < 4.78 is 41.7. The molecule has 14 heavy (non-hydrogen) atoms. The number of esters is 1. The Bertz CT molecular complexity index is 217. The van der Waals surface area contributed by atoms with Crippen LogP contribution in [0.4, 0.5) is 13.2 Å². The molecule has 0 unspecified atom stereocenters. The van der Waals surface area contributed by atoms with E-state index in [9.17, 15) is 18.0 Å². The molecule has 1 aliphatic rings. The van der Waals surface area contributed by atoms with E-state index in [-0.39, 0.29) is 19.7 Å². The lowest BCUT2D eigenvalue weighted by atomic mass is 9.96. The number of ether oxygens (including phenoxy) is 1. The molecule has 1 heterocycles. The molecule has 1 rings (SSSR count). The number of hydrogen-bond donors (Lipinski definition) is 1. The van der Waals surface area contributed by atoms with Crippen molar-refractivity contribution in [1.29, 1.82) is 0 Å². The number of rotatable bonds is 2. The van der Waals surface area contributed by atoms with Crippen LogP contribution in [0.25, 0.3) is 0 Å². The van der Waals surface area contributed by atoms with E-state index in [2.05, 4.69) is 10.1 Å². The molecule has 0 radical (unpaired) electrons. The molecule has 0 aliphatic carbocycles. The summed E-state index contributed by atoms with van der Waals surface area (Å²) in [5, 5.41) is 2.55. The van der Waals surface area contributed by atoms with Gasteiger partial charge >= 0.3 is 12.1 Å². The summed E-state index contributed by atoms with van der Waals surface area (Å²) in [6, 6.07) is 0. The number of carbonyl (C=O) groups excluding carboxylic acids is 1. The van der Waals surface area contributed by atoms with E-state index in [1.807, 2.05) is 0 Å². The molecule has 0 bridgehead atoms. The van der Waals surface area contributed by atoms with Crippen molar-refractivity contribution in [2.75, 3.05) is 19.7 Å². The number of alkyl halides is 3. The fourth-order valence-electron chi connectivity index (χ4n) is 1.52. The zero-order valence-corrected chi connectivity index (χ0v) is 7.73. The number of halogens is 3. The molecule has 1 fully saturated rings. The van der Waals surface area contributed by atoms with Crippen molar-refractivity contribution in [2.45, 2.75) is 13.1 Å². The average Bonchev–Trinajstić information content (AvgIpc) is 2.50.